The van der Waals surface area contributed by atoms with E-state index < -0.39 is 10.0 Å². The minimum atomic E-state index is -3.75. The smallest absolute Gasteiger partial charge is 0.262 e. The molecule has 0 fully saturated rings. The molecule has 34 heavy (non-hydrogen) atoms. The summed E-state index contributed by atoms with van der Waals surface area (Å²) in [6.07, 6.45) is 4.14. The maximum absolute atomic E-state index is 13.5. The minimum absolute atomic E-state index is 0.255. The first-order chi connectivity index (χ1) is 16.1. The molecule has 0 amide bonds. The summed E-state index contributed by atoms with van der Waals surface area (Å²) < 4.78 is 36.3. The van der Waals surface area contributed by atoms with Crippen LogP contribution in [0.4, 0.5) is 5.69 Å². The van der Waals surface area contributed by atoms with Crippen LogP contribution in [-0.4, -0.2) is 8.42 Å². The van der Waals surface area contributed by atoms with Crippen molar-refractivity contribution in [3.8, 4) is 0 Å². The Bertz CT molecular complexity index is 1510. The number of sulfonamides is 1. The highest BCUT2D eigenvalue weighted by Gasteiger charge is 2.34. The van der Waals surface area contributed by atoms with Crippen LogP contribution in [0.5, 0.6) is 0 Å². The third-order valence-electron chi connectivity index (χ3n) is 7.95. The van der Waals surface area contributed by atoms with Crippen LogP contribution < -0.4 is 4.72 Å². The molecule has 5 heteroatoms. The van der Waals surface area contributed by atoms with Gasteiger partial charge in [-0.3, -0.25) is 4.72 Å². The lowest BCUT2D eigenvalue weighted by molar-refractivity contribution is 0.179. The van der Waals surface area contributed by atoms with Crippen molar-refractivity contribution < 1.29 is 12.8 Å². The molecule has 1 aliphatic carbocycles. The number of aryl methyl sites for hydroxylation is 3. The highest BCUT2D eigenvalue weighted by atomic mass is 32.2. The van der Waals surface area contributed by atoms with Crippen molar-refractivity contribution in [3.05, 3.63) is 71.0 Å². The van der Waals surface area contributed by atoms with E-state index in [1.54, 1.807) is 6.07 Å². The van der Waals surface area contributed by atoms with Crippen LogP contribution in [0.2, 0.25) is 0 Å². The summed E-state index contributed by atoms with van der Waals surface area (Å²) in [4.78, 5) is 0.315. The SMILES string of the molecule is CCC(C)(C)C1CCc2oc3c(cc(NS(=O)(=O)c4cc(C)ccc4C)c4ccccc43)c2C1. The Morgan fingerprint density at radius 1 is 1.03 bits per heavy atom. The highest BCUT2D eigenvalue weighted by Crippen LogP contribution is 2.45. The van der Waals surface area contributed by atoms with Gasteiger partial charge in [0.1, 0.15) is 11.3 Å². The lowest BCUT2D eigenvalue weighted by atomic mass is 9.69. The van der Waals surface area contributed by atoms with Gasteiger partial charge in [-0.15, -0.1) is 0 Å². The third kappa shape index (κ3) is 3.80. The van der Waals surface area contributed by atoms with E-state index in [9.17, 15) is 8.42 Å². The fraction of sp³-hybridized carbons (Fsp3) is 0.379. The zero-order valence-corrected chi connectivity index (χ0v) is 21.5. The Kier molecular flexibility index (Phi) is 5.51. The largest absolute Gasteiger partial charge is 0.460 e. The summed E-state index contributed by atoms with van der Waals surface area (Å²) in [6.45, 7) is 10.7. The third-order valence-corrected chi connectivity index (χ3v) is 9.45. The average Bonchev–Trinajstić information content (AvgIpc) is 3.18. The zero-order chi connectivity index (χ0) is 24.3. The topological polar surface area (TPSA) is 59.3 Å². The van der Waals surface area contributed by atoms with Gasteiger partial charge in [-0.05, 0) is 61.3 Å². The molecule has 1 aromatic heterocycles. The van der Waals surface area contributed by atoms with Crippen LogP contribution in [0.15, 0.2) is 57.8 Å². The van der Waals surface area contributed by atoms with Crippen LogP contribution in [-0.2, 0) is 22.9 Å². The lowest BCUT2D eigenvalue weighted by Crippen LogP contribution is -2.28. The molecule has 1 N–H and O–H groups in total. The van der Waals surface area contributed by atoms with Crippen LogP contribution in [0.3, 0.4) is 0 Å². The fourth-order valence-electron chi connectivity index (χ4n) is 5.33. The Labute approximate surface area is 202 Å². The molecule has 1 atom stereocenters. The van der Waals surface area contributed by atoms with E-state index in [2.05, 4.69) is 25.5 Å². The van der Waals surface area contributed by atoms with Crippen molar-refractivity contribution in [2.45, 2.75) is 65.2 Å². The molecular formula is C29H33NO3S. The van der Waals surface area contributed by atoms with Crippen molar-refractivity contribution in [1.29, 1.82) is 0 Å². The highest BCUT2D eigenvalue weighted by molar-refractivity contribution is 7.92. The van der Waals surface area contributed by atoms with Gasteiger partial charge in [-0.25, -0.2) is 8.42 Å². The van der Waals surface area contributed by atoms with Crippen LogP contribution >= 0.6 is 0 Å². The molecule has 0 bridgehead atoms. The van der Waals surface area contributed by atoms with E-state index in [0.717, 1.165) is 64.3 Å². The molecule has 0 spiro atoms. The summed E-state index contributed by atoms with van der Waals surface area (Å²) in [7, 11) is -3.75. The maximum Gasteiger partial charge on any atom is 0.262 e. The molecule has 3 aromatic carbocycles. The standard InChI is InChI=1S/C29H33NO3S/c1-6-29(4,5)20-13-14-26-23(16-20)24-17-25(21-9-7-8-10-22(21)28(24)33-26)30-34(31,32)27-15-18(2)11-12-19(27)3/h7-12,15,17,20,30H,6,13-14,16H2,1-5H3. The van der Waals surface area contributed by atoms with Gasteiger partial charge in [-0.2, -0.15) is 0 Å². The van der Waals surface area contributed by atoms with Gasteiger partial charge in [0.2, 0.25) is 0 Å². The minimum Gasteiger partial charge on any atom is -0.460 e. The summed E-state index contributed by atoms with van der Waals surface area (Å²) in [6, 6.07) is 15.4. The lowest BCUT2D eigenvalue weighted by Gasteiger charge is -2.36. The number of fused-ring (bicyclic) bond motifs is 5. The second-order valence-corrected chi connectivity index (χ2v) is 12.2. The number of furan rings is 1. The Balaban J connectivity index is 1.67. The van der Waals surface area contributed by atoms with Gasteiger partial charge in [0.15, 0.2) is 0 Å². The molecule has 178 valence electrons. The molecule has 4 nitrogen and oxygen atoms in total. The van der Waals surface area contributed by atoms with E-state index in [0.29, 0.717) is 16.5 Å². The number of anilines is 1. The number of rotatable bonds is 5. The van der Waals surface area contributed by atoms with E-state index in [1.807, 2.05) is 56.3 Å². The molecule has 1 heterocycles. The molecule has 0 saturated carbocycles. The van der Waals surface area contributed by atoms with Gasteiger partial charge in [-0.1, -0.05) is 63.6 Å². The van der Waals surface area contributed by atoms with Crippen LogP contribution in [0.25, 0.3) is 21.7 Å². The number of hydrogen-bond donors (Lipinski definition) is 1. The molecule has 0 radical (unpaired) electrons. The molecule has 0 saturated heterocycles. The Morgan fingerprint density at radius 3 is 2.50 bits per heavy atom. The predicted molar refractivity (Wildman–Crippen MR) is 140 cm³/mol. The summed E-state index contributed by atoms with van der Waals surface area (Å²) in [5, 5.41) is 2.82. The van der Waals surface area contributed by atoms with Gasteiger partial charge in [0.05, 0.1) is 10.6 Å². The molecule has 1 aliphatic rings. The van der Waals surface area contributed by atoms with Crippen LogP contribution in [0, 0.1) is 25.2 Å². The summed E-state index contributed by atoms with van der Waals surface area (Å²) in [5.74, 6) is 1.63. The van der Waals surface area contributed by atoms with Crippen molar-refractivity contribution in [1.82, 2.24) is 0 Å². The second-order valence-electron chi connectivity index (χ2n) is 10.5. The number of hydrogen-bond acceptors (Lipinski definition) is 3. The average molecular weight is 476 g/mol. The van der Waals surface area contributed by atoms with E-state index >= 15 is 0 Å². The zero-order valence-electron chi connectivity index (χ0n) is 20.7. The van der Waals surface area contributed by atoms with Crippen LogP contribution in [0.1, 0.15) is 56.1 Å². The Morgan fingerprint density at radius 2 is 1.76 bits per heavy atom. The predicted octanol–water partition coefficient (Wildman–Crippen LogP) is 7.54. The first-order valence-corrected chi connectivity index (χ1v) is 13.6. The normalized spacial score (nSPS) is 16.7. The van der Waals surface area contributed by atoms with E-state index in [4.69, 9.17) is 4.42 Å². The molecule has 4 aromatic rings. The quantitative estimate of drug-likeness (QED) is 0.324. The summed E-state index contributed by atoms with van der Waals surface area (Å²) >= 11 is 0. The monoisotopic (exact) mass is 475 g/mol. The van der Waals surface area contributed by atoms with Gasteiger partial charge in [0.25, 0.3) is 10.0 Å². The van der Waals surface area contributed by atoms with Crippen molar-refractivity contribution in [3.63, 3.8) is 0 Å². The van der Waals surface area contributed by atoms with Crippen molar-refractivity contribution in [2.75, 3.05) is 4.72 Å². The maximum atomic E-state index is 13.5. The second kappa shape index (κ2) is 8.16. The Hall–Kier alpha value is -2.79. The summed E-state index contributed by atoms with van der Waals surface area (Å²) in [5.41, 5.74) is 4.61. The fourth-order valence-corrected chi connectivity index (χ4v) is 6.74. The molecule has 0 aliphatic heterocycles. The van der Waals surface area contributed by atoms with Gasteiger partial charge >= 0.3 is 0 Å². The molecule has 5 rings (SSSR count). The molecular weight excluding hydrogens is 442 g/mol. The van der Waals surface area contributed by atoms with Crippen molar-refractivity contribution in [2.24, 2.45) is 11.3 Å². The van der Waals surface area contributed by atoms with Crippen molar-refractivity contribution >= 4 is 37.5 Å². The first-order valence-electron chi connectivity index (χ1n) is 12.2. The van der Waals surface area contributed by atoms with E-state index in [-0.39, 0.29) is 5.41 Å². The van der Waals surface area contributed by atoms with Gasteiger partial charge < -0.3 is 4.42 Å². The number of benzene rings is 3. The van der Waals surface area contributed by atoms with Gasteiger partial charge in [0, 0.05) is 28.1 Å². The van der Waals surface area contributed by atoms with E-state index in [1.165, 1.54) is 5.56 Å². The molecule has 1 unspecified atom stereocenters. The first kappa shape index (κ1) is 23.0. The number of nitrogens with one attached hydrogen (secondary N) is 1.